The average molecular weight is 416 g/mol. The highest BCUT2D eigenvalue weighted by Crippen LogP contribution is 2.47. The second-order valence-electron chi connectivity index (χ2n) is 7.64. The monoisotopic (exact) mass is 415 g/mol. The Labute approximate surface area is 171 Å². The van der Waals surface area contributed by atoms with Crippen LogP contribution in [0.25, 0.3) is 10.9 Å². The van der Waals surface area contributed by atoms with Crippen LogP contribution in [0, 0.1) is 12.0 Å². The van der Waals surface area contributed by atoms with Crippen LogP contribution < -0.4 is 0 Å². The van der Waals surface area contributed by atoms with E-state index in [1.54, 1.807) is 0 Å². The van der Waals surface area contributed by atoms with Crippen LogP contribution in [0.1, 0.15) is 41.4 Å². The fraction of sp³-hybridized carbons (Fsp3) is 0.318. The molecule has 3 nitrogen and oxygen atoms in total. The minimum Gasteiger partial charge on any atom is -0.296 e. The number of alkyl halides is 3. The molecule has 0 N–H and O–H groups in total. The van der Waals surface area contributed by atoms with Crippen molar-refractivity contribution >= 4 is 22.5 Å². The number of halogens is 4. The minimum absolute atomic E-state index is 0.348. The second-order valence-corrected chi connectivity index (χ2v) is 8.08. The Bertz CT molecular complexity index is 1170. The molecule has 2 aliphatic heterocycles. The highest BCUT2D eigenvalue weighted by molar-refractivity contribution is 6.31. The van der Waals surface area contributed by atoms with Crippen LogP contribution in [0.15, 0.2) is 36.5 Å². The zero-order chi connectivity index (χ0) is 20.3. The lowest BCUT2D eigenvalue weighted by Crippen LogP contribution is -2.34. The molecule has 29 heavy (non-hydrogen) atoms. The van der Waals surface area contributed by atoms with Gasteiger partial charge in [-0.1, -0.05) is 11.6 Å². The van der Waals surface area contributed by atoms with Crippen LogP contribution in [0.4, 0.5) is 13.2 Å². The molecule has 148 valence electrons. The maximum absolute atomic E-state index is 12.7. The molecule has 2 bridgehead atoms. The fourth-order valence-electron chi connectivity index (χ4n) is 4.63. The van der Waals surface area contributed by atoms with Crippen molar-refractivity contribution in [2.75, 3.05) is 7.05 Å². The van der Waals surface area contributed by atoms with Crippen LogP contribution in [0.3, 0.4) is 0 Å². The summed E-state index contributed by atoms with van der Waals surface area (Å²) in [5.74, 6) is 2.98. The van der Waals surface area contributed by atoms with Gasteiger partial charge in [-0.15, -0.1) is 0 Å². The highest BCUT2D eigenvalue weighted by Gasteiger charge is 2.40. The van der Waals surface area contributed by atoms with E-state index in [9.17, 15) is 13.2 Å². The molecule has 7 heteroatoms. The van der Waals surface area contributed by atoms with Crippen molar-refractivity contribution in [2.24, 2.45) is 0 Å². The summed E-state index contributed by atoms with van der Waals surface area (Å²) in [6.07, 6.45) is -0.132. The van der Waals surface area contributed by atoms with Gasteiger partial charge < -0.3 is 0 Å². The van der Waals surface area contributed by atoms with E-state index in [1.165, 1.54) is 23.5 Å². The Kier molecular flexibility index (Phi) is 4.16. The first-order chi connectivity index (χ1) is 13.8. The molecular weight excluding hydrogens is 399 g/mol. The van der Waals surface area contributed by atoms with Crippen molar-refractivity contribution < 1.29 is 13.2 Å². The summed E-state index contributed by atoms with van der Waals surface area (Å²) in [6, 6.07) is 12.1. The topological polar surface area (TPSA) is 21.1 Å². The minimum atomic E-state index is -4.45. The van der Waals surface area contributed by atoms with Gasteiger partial charge >= 0.3 is 6.18 Å². The van der Waals surface area contributed by atoms with Crippen LogP contribution >= 0.6 is 11.6 Å². The zero-order valence-corrected chi connectivity index (χ0v) is 16.3. The first-order valence-electron chi connectivity index (χ1n) is 9.43. The van der Waals surface area contributed by atoms with E-state index in [-0.39, 0.29) is 0 Å². The first-order valence-corrected chi connectivity index (χ1v) is 9.80. The van der Waals surface area contributed by atoms with Gasteiger partial charge in [-0.3, -0.25) is 14.5 Å². The van der Waals surface area contributed by atoms with Crippen molar-refractivity contribution in [1.29, 1.82) is 0 Å². The average Bonchev–Trinajstić information content (AvgIpc) is 3.09. The summed E-state index contributed by atoms with van der Waals surface area (Å²) in [5, 5.41) is 1.78. The van der Waals surface area contributed by atoms with Crippen molar-refractivity contribution in [1.82, 2.24) is 14.5 Å². The molecule has 0 saturated carbocycles. The molecule has 2 aliphatic rings. The van der Waals surface area contributed by atoms with E-state index in [4.69, 9.17) is 11.6 Å². The number of likely N-dealkylation sites (N-methyl/N-ethyl adjacent to an activating group) is 1. The van der Waals surface area contributed by atoms with Gasteiger partial charge in [-0.05, 0) is 61.7 Å². The lowest BCUT2D eigenvalue weighted by molar-refractivity contribution is -0.141. The van der Waals surface area contributed by atoms with E-state index in [0.29, 0.717) is 22.7 Å². The molecule has 1 saturated heterocycles. The van der Waals surface area contributed by atoms with E-state index in [0.717, 1.165) is 36.2 Å². The van der Waals surface area contributed by atoms with Crippen molar-refractivity contribution in [3.05, 3.63) is 64.1 Å². The molecule has 0 aliphatic carbocycles. The summed E-state index contributed by atoms with van der Waals surface area (Å²) in [7, 11) is 2.17. The van der Waals surface area contributed by atoms with Crippen molar-refractivity contribution in [2.45, 2.75) is 37.5 Å². The normalized spacial score (nSPS) is 21.1. The third kappa shape index (κ3) is 3.00. The largest absolute Gasteiger partial charge is 0.433 e. The number of hydrogen-bond acceptors (Lipinski definition) is 2. The molecule has 2 unspecified atom stereocenters. The molecule has 5 rings (SSSR count). The number of nitrogens with zero attached hydrogens (tertiary/aromatic N) is 3. The van der Waals surface area contributed by atoms with Gasteiger partial charge in [0.15, 0.2) is 0 Å². The lowest BCUT2D eigenvalue weighted by atomic mass is 9.97. The summed E-state index contributed by atoms with van der Waals surface area (Å²) < 4.78 is 40.1. The van der Waals surface area contributed by atoms with Crippen LogP contribution in [0.5, 0.6) is 0 Å². The summed E-state index contributed by atoms with van der Waals surface area (Å²) >= 11 is 6.27. The molecule has 2 atom stereocenters. The maximum atomic E-state index is 12.7. The predicted molar refractivity (Wildman–Crippen MR) is 106 cm³/mol. The zero-order valence-electron chi connectivity index (χ0n) is 15.6. The van der Waals surface area contributed by atoms with E-state index < -0.39 is 11.9 Å². The number of fused-ring (bicyclic) bond motifs is 6. The Morgan fingerprint density at radius 3 is 2.72 bits per heavy atom. The maximum Gasteiger partial charge on any atom is 0.433 e. The summed E-state index contributed by atoms with van der Waals surface area (Å²) in [6.45, 7) is 0. The lowest BCUT2D eigenvalue weighted by Gasteiger charge is -2.31. The number of rotatable bonds is 0. The second kappa shape index (κ2) is 6.51. The van der Waals surface area contributed by atoms with Gasteiger partial charge in [0.1, 0.15) is 5.69 Å². The van der Waals surface area contributed by atoms with Gasteiger partial charge in [0.2, 0.25) is 0 Å². The molecule has 0 radical (unpaired) electrons. The smallest absolute Gasteiger partial charge is 0.296 e. The molecular formula is C22H17ClF3N3. The molecule has 2 aromatic heterocycles. The number of benzene rings is 1. The van der Waals surface area contributed by atoms with Gasteiger partial charge in [0.25, 0.3) is 0 Å². The quantitative estimate of drug-likeness (QED) is 0.467. The number of hydrogen-bond donors (Lipinski definition) is 0. The van der Waals surface area contributed by atoms with Crippen LogP contribution in [-0.4, -0.2) is 27.5 Å². The van der Waals surface area contributed by atoms with Gasteiger partial charge in [-0.2, -0.15) is 13.2 Å². The van der Waals surface area contributed by atoms with E-state index in [1.807, 2.05) is 22.8 Å². The highest BCUT2D eigenvalue weighted by atomic mass is 35.5. The Balaban J connectivity index is 1.62. The van der Waals surface area contributed by atoms with Gasteiger partial charge in [0, 0.05) is 52.4 Å². The molecule has 1 fully saturated rings. The van der Waals surface area contributed by atoms with Crippen LogP contribution in [0.2, 0.25) is 5.02 Å². The van der Waals surface area contributed by atoms with Gasteiger partial charge in [-0.25, -0.2) is 0 Å². The van der Waals surface area contributed by atoms with Gasteiger partial charge in [0.05, 0.1) is 5.52 Å². The molecule has 0 amide bonds. The van der Waals surface area contributed by atoms with E-state index >= 15 is 0 Å². The predicted octanol–water partition coefficient (Wildman–Crippen LogP) is 5.26. The Hall–Kier alpha value is -2.49. The van der Waals surface area contributed by atoms with Crippen molar-refractivity contribution in [3.63, 3.8) is 0 Å². The van der Waals surface area contributed by atoms with Crippen molar-refractivity contribution in [3.8, 4) is 12.0 Å². The SMILES string of the molecule is CN1C2CCC1c1c(n(C#Cc3ccc(C(F)(F)F)nc3)c3ccc(Cl)cc13)C2. The Morgan fingerprint density at radius 2 is 2.00 bits per heavy atom. The van der Waals surface area contributed by atoms with Crippen LogP contribution in [-0.2, 0) is 12.6 Å². The third-order valence-electron chi connectivity index (χ3n) is 6.04. The molecule has 4 heterocycles. The number of pyridine rings is 1. The molecule has 1 aromatic carbocycles. The fourth-order valence-corrected chi connectivity index (χ4v) is 4.80. The number of aromatic nitrogens is 2. The molecule has 3 aromatic rings. The van der Waals surface area contributed by atoms with E-state index in [2.05, 4.69) is 28.9 Å². The Morgan fingerprint density at radius 1 is 1.17 bits per heavy atom. The third-order valence-corrected chi connectivity index (χ3v) is 6.27. The molecule has 0 spiro atoms. The summed E-state index contributed by atoms with van der Waals surface area (Å²) in [5.41, 5.74) is 2.96. The standard InChI is InChI=1S/C22H17ClF3N3/c1-28-15-4-6-18(28)21-16-10-14(23)3-5-17(16)29(19(21)11-15)9-8-13-2-7-20(27-12-13)22(24,25)26/h2-3,5,7,10,12,15,18H,4,6,11H2,1H3. The first kappa shape index (κ1) is 18.5. The summed E-state index contributed by atoms with van der Waals surface area (Å²) in [4.78, 5) is 5.93.